The highest BCUT2D eigenvalue weighted by Crippen LogP contribution is 2.35. The largest absolute Gasteiger partial charge is 0.399 e. The molecule has 0 radical (unpaired) electrons. The van der Waals surface area contributed by atoms with Gasteiger partial charge < -0.3 is 10.6 Å². The van der Waals surface area contributed by atoms with E-state index in [1.54, 1.807) is 0 Å². The van der Waals surface area contributed by atoms with Crippen molar-refractivity contribution in [2.45, 2.75) is 19.4 Å². The Bertz CT molecular complexity index is 809. The third-order valence-electron chi connectivity index (χ3n) is 4.27. The summed E-state index contributed by atoms with van der Waals surface area (Å²) in [6, 6.07) is 12.7. The van der Waals surface area contributed by atoms with E-state index in [-0.39, 0.29) is 0 Å². The molecule has 0 aliphatic carbocycles. The summed E-state index contributed by atoms with van der Waals surface area (Å²) in [4.78, 5) is 8.74. The second-order valence-electron chi connectivity index (χ2n) is 5.54. The lowest BCUT2D eigenvalue weighted by molar-refractivity contribution is 0.626. The van der Waals surface area contributed by atoms with Gasteiger partial charge in [0.1, 0.15) is 5.82 Å². The zero-order valence-electron chi connectivity index (χ0n) is 11.9. The van der Waals surface area contributed by atoms with Crippen LogP contribution in [0.25, 0.3) is 10.9 Å². The van der Waals surface area contributed by atoms with E-state index in [1.165, 1.54) is 10.4 Å². The predicted octanol–water partition coefficient (Wildman–Crippen LogP) is 4.00. The van der Waals surface area contributed by atoms with Crippen LogP contribution in [0.4, 0.5) is 11.5 Å². The zero-order valence-corrected chi connectivity index (χ0v) is 12.7. The van der Waals surface area contributed by atoms with E-state index < -0.39 is 0 Å². The van der Waals surface area contributed by atoms with Gasteiger partial charge in [0.05, 0.1) is 11.6 Å². The molecule has 1 aliphatic rings. The molecule has 1 atom stereocenters. The Morgan fingerprint density at radius 1 is 1.24 bits per heavy atom. The highest BCUT2D eigenvalue weighted by atomic mass is 32.1. The Labute approximate surface area is 128 Å². The molecule has 2 N–H and O–H groups in total. The smallest absolute Gasteiger partial charge is 0.129 e. The van der Waals surface area contributed by atoms with Gasteiger partial charge in [-0.05, 0) is 60.7 Å². The molecular weight excluding hydrogens is 278 g/mol. The molecule has 0 bridgehead atoms. The van der Waals surface area contributed by atoms with Crippen LogP contribution in [0.2, 0.25) is 0 Å². The molecule has 3 aromatic rings. The molecule has 106 valence electrons. The first kappa shape index (κ1) is 12.7. The molecule has 4 rings (SSSR count). The van der Waals surface area contributed by atoms with Gasteiger partial charge in [-0.1, -0.05) is 0 Å². The SMILES string of the molecule is CC1c2ccsc2CCN1c1ccc2cc(N)ccc2n1. The number of benzene rings is 1. The second kappa shape index (κ2) is 4.74. The van der Waals surface area contributed by atoms with E-state index in [1.807, 2.05) is 29.5 Å². The molecule has 1 aromatic carbocycles. The molecule has 4 heteroatoms. The van der Waals surface area contributed by atoms with Crippen LogP contribution in [0, 0.1) is 0 Å². The van der Waals surface area contributed by atoms with Crippen molar-refractivity contribution in [3.05, 3.63) is 52.2 Å². The fourth-order valence-electron chi connectivity index (χ4n) is 3.12. The zero-order chi connectivity index (χ0) is 14.4. The number of nitrogen functional groups attached to an aromatic ring is 1. The molecule has 3 nitrogen and oxygen atoms in total. The summed E-state index contributed by atoms with van der Waals surface area (Å²) < 4.78 is 0. The Balaban J connectivity index is 1.75. The average molecular weight is 295 g/mol. The highest BCUT2D eigenvalue weighted by Gasteiger charge is 2.25. The van der Waals surface area contributed by atoms with Gasteiger partial charge in [0.2, 0.25) is 0 Å². The summed E-state index contributed by atoms with van der Waals surface area (Å²) in [7, 11) is 0. The highest BCUT2D eigenvalue weighted by molar-refractivity contribution is 7.10. The maximum Gasteiger partial charge on any atom is 0.129 e. The number of nitrogens with two attached hydrogens (primary N) is 1. The Morgan fingerprint density at radius 3 is 3.05 bits per heavy atom. The molecule has 0 spiro atoms. The first-order chi connectivity index (χ1) is 10.2. The van der Waals surface area contributed by atoms with Crippen LogP contribution in [-0.2, 0) is 6.42 Å². The lowest BCUT2D eigenvalue weighted by atomic mass is 10.0. The van der Waals surface area contributed by atoms with Crippen molar-refractivity contribution in [2.75, 3.05) is 17.2 Å². The normalized spacial score (nSPS) is 18.0. The maximum atomic E-state index is 5.83. The topological polar surface area (TPSA) is 42.1 Å². The van der Waals surface area contributed by atoms with Crippen LogP contribution in [0.1, 0.15) is 23.4 Å². The van der Waals surface area contributed by atoms with Gasteiger partial charge in [0.25, 0.3) is 0 Å². The molecular formula is C17H17N3S. The van der Waals surface area contributed by atoms with Crippen molar-refractivity contribution in [3.8, 4) is 0 Å². The first-order valence-corrected chi connectivity index (χ1v) is 8.09. The molecule has 0 saturated carbocycles. The van der Waals surface area contributed by atoms with E-state index in [0.717, 1.165) is 35.4 Å². The lowest BCUT2D eigenvalue weighted by Crippen LogP contribution is -2.33. The van der Waals surface area contributed by atoms with Crippen LogP contribution in [0.15, 0.2) is 41.8 Å². The molecule has 0 amide bonds. The molecule has 1 unspecified atom stereocenters. The van der Waals surface area contributed by atoms with Crippen molar-refractivity contribution in [3.63, 3.8) is 0 Å². The molecule has 0 fully saturated rings. The quantitative estimate of drug-likeness (QED) is 0.690. The standard InChI is InChI=1S/C17H17N3S/c1-11-14-7-9-21-16(14)6-8-20(11)17-5-2-12-10-13(18)3-4-15(12)19-17/h2-5,7,9-11H,6,8,18H2,1H3. The number of rotatable bonds is 1. The van der Waals surface area contributed by atoms with Gasteiger partial charge in [0, 0.05) is 22.5 Å². The number of pyridine rings is 1. The van der Waals surface area contributed by atoms with Crippen molar-refractivity contribution < 1.29 is 0 Å². The van der Waals surface area contributed by atoms with Gasteiger partial charge in [0.15, 0.2) is 0 Å². The van der Waals surface area contributed by atoms with Crippen molar-refractivity contribution >= 4 is 33.7 Å². The molecule has 3 heterocycles. The van der Waals surface area contributed by atoms with Crippen molar-refractivity contribution in [1.29, 1.82) is 0 Å². The minimum atomic E-state index is 0.388. The minimum Gasteiger partial charge on any atom is -0.399 e. The van der Waals surface area contributed by atoms with Crippen LogP contribution < -0.4 is 10.6 Å². The maximum absolute atomic E-state index is 5.83. The first-order valence-electron chi connectivity index (χ1n) is 7.21. The summed E-state index contributed by atoms with van der Waals surface area (Å²) in [6.07, 6.45) is 1.11. The Kier molecular flexibility index (Phi) is 2.86. The number of anilines is 2. The number of nitrogens with zero attached hydrogens (tertiary/aromatic N) is 2. The molecule has 0 saturated heterocycles. The second-order valence-corrected chi connectivity index (χ2v) is 6.54. The summed E-state index contributed by atoms with van der Waals surface area (Å²) in [6.45, 7) is 3.29. The van der Waals surface area contributed by atoms with Crippen LogP contribution >= 0.6 is 11.3 Å². The van der Waals surface area contributed by atoms with Crippen LogP contribution in [0.5, 0.6) is 0 Å². The van der Waals surface area contributed by atoms with Gasteiger partial charge in [-0.15, -0.1) is 11.3 Å². The lowest BCUT2D eigenvalue weighted by Gasteiger charge is -2.34. The summed E-state index contributed by atoms with van der Waals surface area (Å²) in [5.41, 5.74) is 9.07. The monoisotopic (exact) mass is 295 g/mol. The Hall–Kier alpha value is -2.07. The third-order valence-corrected chi connectivity index (χ3v) is 5.27. The number of hydrogen-bond acceptors (Lipinski definition) is 4. The van der Waals surface area contributed by atoms with E-state index in [4.69, 9.17) is 10.7 Å². The summed E-state index contributed by atoms with van der Waals surface area (Å²) in [5.74, 6) is 1.05. The van der Waals surface area contributed by atoms with E-state index in [2.05, 4.69) is 35.4 Å². The fraction of sp³-hybridized carbons (Fsp3) is 0.235. The predicted molar refractivity (Wildman–Crippen MR) is 89.9 cm³/mol. The molecule has 1 aliphatic heterocycles. The van der Waals surface area contributed by atoms with E-state index in [0.29, 0.717) is 6.04 Å². The molecule has 2 aromatic heterocycles. The molecule has 21 heavy (non-hydrogen) atoms. The van der Waals surface area contributed by atoms with Crippen LogP contribution in [-0.4, -0.2) is 11.5 Å². The van der Waals surface area contributed by atoms with Crippen molar-refractivity contribution in [1.82, 2.24) is 4.98 Å². The number of aromatic nitrogens is 1. The Morgan fingerprint density at radius 2 is 2.14 bits per heavy atom. The summed E-state index contributed by atoms with van der Waals surface area (Å²) in [5, 5.41) is 3.29. The number of hydrogen-bond donors (Lipinski definition) is 1. The third kappa shape index (κ3) is 2.07. The van der Waals surface area contributed by atoms with Crippen LogP contribution in [0.3, 0.4) is 0 Å². The van der Waals surface area contributed by atoms with Gasteiger partial charge in [-0.3, -0.25) is 0 Å². The number of thiophene rings is 1. The minimum absolute atomic E-state index is 0.388. The van der Waals surface area contributed by atoms with Gasteiger partial charge >= 0.3 is 0 Å². The summed E-state index contributed by atoms with van der Waals surface area (Å²) >= 11 is 1.87. The average Bonchev–Trinajstić information content (AvgIpc) is 2.97. The number of fused-ring (bicyclic) bond motifs is 2. The fourth-order valence-corrected chi connectivity index (χ4v) is 4.08. The van der Waals surface area contributed by atoms with E-state index in [9.17, 15) is 0 Å². The van der Waals surface area contributed by atoms with Gasteiger partial charge in [-0.2, -0.15) is 0 Å². The van der Waals surface area contributed by atoms with Gasteiger partial charge in [-0.25, -0.2) is 4.98 Å². The van der Waals surface area contributed by atoms with Crippen molar-refractivity contribution in [2.24, 2.45) is 0 Å². The van der Waals surface area contributed by atoms with E-state index >= 15 is 0 Å².